The van der Waals surface area contributed by atoms with Crippen molar-refractivity contribution < 1.29 is 9.47 Å². The highest BCUT2D eigenvalue weighted by molar-refractivity contribution is 5.42. The van der Waals surface area contributed by atoms with Crippen molar-refractivity contribution in [3.63, 3.8) is 0 Å². The predicted octanol–water partition coefficient (Wildman–Crippen LogP) is 2.24. The van der Waals surface area contributed by atoms with Crippen LogP contribution in [0.3, 0.4) is 0 Å². The van der Waals surface area contributed by atoms with Gasteiger partial charge in [0.05, 0.1) is 13.7 Å². The van der Waals surface area contributed by atoms with Gasteiger partial charge in [-0.25, -0.2) is 0 Å². The lowest BCUT2D eigenvalue weighted by atomic mass is 10.1. The number of hydrogen-bond acceptors (Lipinski definition) is 4. The quantitative estimate of drug-likeness (QED) is 0.745. The minimum absolute atomic E-state index is 0.367. The molecule has 0 spiro atoms. The molecule has 1 aromatic carbocycles. The van der Waals surface area contributed by atoms with E-state index in [2.05, 4.69) is 42.4 Å². The van der Waals surface area contributed by atoms with Crippen LogP contribution in [0.2, 0.25) is 0 Å². The summed E-state index contributed by atoms with van der Waals surface area (Å²) in [5.41, 5.74) is 2.81. The van der Waals surface area contributed by atoms with Gasteiger partial charge in [-0.15, -0.1) is 0 Å². The van der Waals surface area contributed by atoms with Gasteiger partial charge in [-0.3, -0.25) is 4.90 Å². The maximum Gasteiger partial charge on any atom is 0.119 e. The highest BCUT2D eigenvalue weighted by Crippen LogP contribution is 2.36. The molecule has 21 heavy (non-hydrogen) atoms. The zero-order valence-corrected chi connectivity index (χ0v) is 13.7. The van der Waals surface area contributed by atoms with E-state index in [9.17, 15) is 0 Å². The molecule has 0 saturated heterocycles. The molecule has 2 atom stereocenters. The maximum atomic E-state index is 5.49. The summed E-state index contributed by atoms with van der Waals surface area (Å²) in [6.07, 6.45) is 1.08. The van der Waals surface area contributed by atoms with Crippen molar-refractivity contribution >= 4 is 0 Å². The fourth-order valence-electron chi connectivity index (χ4n) is 3.12. The molecule has 0 bridgehead atoms. The van der Waals surface area contributed by atoms with Crippen LogP contribution in [0.25, 0.3) is 0 Å². The maximum absolute atomic E-state index is 5.49. The summed E-state index contributed by atoms with van der Waals surface area (Å²) in [5.74, 6) is 0.939. The van der Waals surface area contributed by atoms with Gasteiger partial charge in [-0.05, 0) is 50.2 Å². The monoisotopic (exact) mass is 292 g/mol. The Morgan fingerprint density at radius 1 is 1.33 bits per heavy atom. The third kappa shape index (κ3) is 3.76. The zero-order chi connectivity index (χ0) is 15.2. The van der Waals surface area contributed by atoms with Gasteiger partial charge in [-0.1, -0.05) is 13.0 Å². The van der Waals surface area contributed by atoms with Crippen molar-refractivity contribution in [1.29, 1.82) is 0 Å². The minimum atomic E-state index is 0.367. The van der Waals surface area contributed by atoms with E-state index in [1.807, 2.05) is 6.92 Å². The second-order valence-corrected chi connectivity index (χ2v) is 5.55. The summed E-state index contributed by atoms with van der Waals surface area (Å²) in [7, 11) is 3.92. The van der Waals surface area contributed by atoms with Crippen LogP contribution in [0.1, 0.15) is 31.0 Å². The van der Waals surface area contributed by atoms with E-state index in [0.717, 1.165) is 38.5 Å². The topological polar surface area (TPSA) is 33.7 Å². The molecule has 0 heterocycles. The molecule has 1 aromatic rings. The van der Waals surface area contributed by atoms with Crippen LogP contribution in [0, 0.1) is 0 Å². The number of rotatable bonds is 8. The first-order valence-corrected chi connectivity index (χ1v) is 7.89. The van der Waals surface area contributed by atoms with Crippen LogP contribution in [0.4, 0.5) is 0 Å². The molecule has 1 N–H and O–H groups in total. The fourth-order valence-corrected chi connectivity index (χ4v) is 3.12. The average Bonchev–Trinajstić information content (AvgIpc) is 2.86. The minimum Gasteiger partial charge on any atom is -0.497 e. The Morgan fingerprint density at radius 3 is 2.81 bits per heavy atom. The third-order valence-corrected chi connectivity index (χ3v) is 4.28. The Kier molecular flexibility index (Phi) is 6.03. The SMILES string of the molecule is CCNC1c2cc(OC)ccc2CC1N(C)CCOCC. The van der Waals surface area contributed by atoms with Crippen molar-refractivity contribution in [1.82, 2.24) is 10.2 Å². The molecular formula is C17H28N2O2. The molecule has 1 aliphatic carbocycles. The van der Waals surface area contributed by atoms with Gasteiger partial charge >= 0.3 is 0 Å². The summed E-state index contributed by atoms with van der Waals surface area (Å²) in [5, 5.41) is 3.64. The lowest BCUT2D eigenvalue weighted by molar-refractivity contribution is 0.100. The molecule has 118 valence electrons. The van der Waals surface area contributed by atoms with Gasteiger partial charge in [-0.2, -0.15) is 0 Å². The van der Waals surface area contributed by atoms with Gasteiger partial charge in [0.1, 0.15) is 5.75 Å². The Morgan fingerprint density at radius 2 is 2.14 bits per heavy atom. The summed E-state index contributed by atoms with van der Waals surface area (Å²) in [4.78, 5) is 2.41. The van der Waals surface area contributed by atoms with Crippen LogP contribution in [-0.2, 0) is 11.2 Å². The molecular weight excluding hydrogens is 264 g/mol. The largest absolute Gasteiger partial charge is 0.497 e. The number of nitrogens with zero attached hydrogens (tertiary/aromatic N) is 1. The normalized spacial score (nSPS) is 20.8. The molecule has 0 radical (unpaired) electrons. The summed E-state index contributed by atoms with van der Waals surface area (Å²) >= 11 is 0. The van der Waals surface area contributed by atoms with Crippen LogP contribution in [-0.4, -0.2) is 51.4 Å². The average molecular weight is 292 g/mol. The first-order chi connectivity index (χ1) is 10.2. The fraction of sp³-hybridized carbons (Fsp3) is 0.647. The number of benzene rings is 1. The van der Waals surface area contributed by atoms with Crippen molar-refractivity contribution in [2.75, 3.05) is 40.5 Å². The first-order valence-electron chi connectivity index (χ1n) is 7.89. The van der Waals surface area contributed by atoms with E-state index < -0.39 is 0 Å². The molecule has 2 unspecified atom stereocenters. The summed E-state index contributed by atoms with van der Waals surface area (Å²) in [6, 6.07) is 7.29. The van der Waals surface area contributed by atoms with Crippen LogP contribution in [0.5, 0.6) is 5.75 Å². The van der Waals surface area contributed by atoms with Gasteiger partial charge in [0, 0.05) is 25.2 Å². The molecule has 0 fully saturated rings. The number of likely N-dealkylation sites (N-methyl/N-ethyl adjacent to an activating group) is 2. The summed E-state index contributed by atoms with van der Waals surface area (Å²) in [6.45, 7) is 7.71. The Balaban J connectivity index is 2.12. The molecule has 4 nitrogen and oxygen atoms in total. The van der Waals surface area contributed by atoms with E-state index >= 15 is 0 Å². The van der Waals surface area contributed by atoms with Gasteiger partial charge < -0.3 is 14.8 Å². The second kappa shape index (κ2) is 7.78. The zero-order valence-electron chi connectivity index (χ0n) is 13.7. The van der Waals surface area contributed by atoms with Crippen LogP contribution >= 0.6 is 0 Å². The highest BCUT2D eigenvalue weighted by atomic mass is 16.5. The highest BCUT2D eigenvalue weighted by Gasteiger charge is 2.34. The third-order valence-electron chi connectivity index (χ3n) is 4.28. The number of hydrogen-bond donors (Lipinski definition) is 1. The van der Waals surface area contributed by atoms with Crippen molar-refractivity contribution in [2.24, 2.45) is 0 Å². The van der Waals surface area contributed by atoms with Crippen LogP contribution in [0.15, 0.2) is 18.2 Å². The van der Waals surface area contributed by atoms with Crippen molar-refractivity contribution in [3.05, 3.63) is 29.3 Å². The molecule has 0 aromatic heterocycles. The van der Waals surface area contributed by atoms with E-state index in [-0.39, 0.29) is 0 Å². The smallest absolute Gasteiger partial charge is 0.119 e. The van der Waals surface area contributed by atoms with Gasteiger partial charge in [0.2, 0.25) is 0 Å². The molecule has 0 aliphatic heterocycles. The Bertz CT molecular complexity index is 450. The predicted molar refractivity (Wildman–Crippen MR) is 86.0 cm³/mol. The van der Waals surface area contributed by atoms with Crippen molar-refractivity contribution in [3.8, 4) is 5.75 Å². The van der Waals surface area contributed by atoms with Crippen LogP contribution < -0.4 is 10.1 Å². The molecule has 0 saturated carbocycles. The molecule has 2 rings (SSSR count). The molecule has 0 amide bonds. The first kappa shape index (κ1) is 16.3. The van der Waals surface area contributed by atoms with E-state index in [4.69, 9.17) is 9.47 Å². The Hall–Kier alpha value is -1.10. The molecule has 4 heteroatoms. The van der Waals surface area contributed by atoms with Gasteiger partial charge in [0.15, 0.2) is 0 Å². The lowest BCUT2D eigenvalue weighted by Gasteiger charge is -2.30. The number of ether oxygens (including phenoxy) is 2. The van der Waals surface area contributed by atoms with E-state index in [1.165, 1.54) is 11.1 Å². The second-order valence-electron chi connectivity index (χ2n) is 5.55. The van der Waals surface area contributed by atoms with E-state index in [0.29, 0.717) is 12.1 Å². The summed E-state index contributed by atoms with van der Waals surface area (Å²) < 4.78 is 10.9. The van der Waals surface area contributed by atoms with Gasteiger partial charge in [0.25, 0.3) is 0 Å². The number of nitrogens with one attached hydrogen (secondary N) is 1. The number of methoxy groups -OCH3 is 1. The Labute approximate surface area is 128 Å². The lowest BCUT2D eigenvalue weighted by Crippen LogP contribution is -2.42. The van der Waals surface area contributed by atoms with E-state index in [1.54, 1.807) is 7.11 Å². The standard InChI is InChI=1S/C17H28N2O2/c1-5-18-17-15-12-14(20-4)8-7-13(15)11-16(17)19(3)9-10-21-6-2/h7-8,12,16-18H,5-6,9-11H2,1-4H3. The van der Waals surface area contributed by atoms with Crippen molar-refractivity contribution in [2.45, 2.75) is 32.4 Å². The molecule has 1 aliphatic rings. The number of fused-ring (bicyclic) bond motifs is 1.